The summed E-state index contributed by atoms with van der Waals surface area (Å²) >= 11 is 0. The van der Waals surface area contributed by atoms with Gasteiger partial charge in [-0.2, -0.15) is 5.26 Å². The molecule has 2 amide bonds. The predicted molar refractivity (Wildman–Crippen MR) is 113 cm³/mol. The second-order valence-electron chi connectivity index (χ2n) is 8.52. The first-order chi connectivity index (χ1) is 15.1. The first kappa shape index (κ1) is 21.1. The predicted octanol–water partition coefficient (Wildman–Crippen LogP) is 1.04. The lowest BCUT2D eigenvalue weighted by Gasteiger charge is -2.39. The molecule has 2 heterocycles. The molecule has 3 fully saturated rings. The van der Waals surface area contributed by atoms with Crippen molar-refractivity contribution in [2.24, 2.45) is 16.8 Å². The Balaban J connectivity index is 1.45. The average molecular weight is 425 g/mol. The van der Waals surface area contributed by atoms with E-state index in [4.69, 9.17) is 5.26 Å². The molecule has 2 saturated heterocycles. The Kier molecular flexibility index (Phi) is 6.37. The lowest BCUT2D eigenvalue weighted by molar-refractivity contribution is -0.147. The third-order valence-electron chi connectivity index (χ3n) is 6.47. The minimum atomic E-state index is -0.716. The number of rotatable bonds is 4. The third-order valence-corrected chi connectivity index (χ3v) is 6.47. The van der Waals surface area contributed by atoms with Crippen LogP contribution in [-0.4, -0.2) is 65.0 Å². The van der Waals surface area contributed by atoms with Crippen LogP contribution in [0, 0.1) is 23.3 Å². The molecule has 1 saturated carbocycles. The zero-order valence-corrected chi connectivity index (χ0v) is 17.4. The summed E-state index contributed by atoms with van der Waals surface area (Å²) < 4.78 is 0. The number of benzene rings is 1. The minimum Gasteiger partial charge on any atom is -0.342 e. The summed E-state index contributed by atoms with van der Waals surface area (Å²) in [6, 6.07) is 10.4. The van der Waals surface area contributed by atoms with E-state index in [9.17, 15) is 14.8 Å². The van der Waals surface area contributed by atoms with E-state index in [0.717, 1.165) is 19.3 Å². The van der Waals surface area contributed by atoms with Gasteiger partial charge in [-0.25, -0.2) is 10.5 Å². The van der Waals surface area contributed by atoms with Crippen LogP contribution in [0.4, 0.5) is 0 Å². The highest BCUT2D eigenvalue weighted by Crippen LogP contribution is 2.32. The molecule has 31 heavy (non-hydrogen) atoms. The fraction of sp³-hybridized carbons (Fsp3) is 0.545. The summed E-state index contributed by atoms with van der Waals surface area (Å²) in [6.45, 7) is 2.04. The lowest BCUT2D eigenvalue weighted by atomic mass is 9.83. The molecule has 0 spiro atoms. The summed E-state index contributed by atoms with van der Waals surface area (Å²) in [5.74, 6) is -1.11. The van der Waals surface area contributed by atoms with Gasteiger partial charge in [0.2, 0.25) is 17.8 Å². The largest absolute Gasteiger partial charge is 0.342 e. The van der Waals surface area contributed by atoms with E-state index in [2.05, 4.69) is 22.4 Å². The maximum absolute atomic E-state index is 13.3. The second kappa shape index (κ2) is 9.35. The molecule has 9 nitrogen and oxygen atoms in total. The van der Waals surface area contributed by atoms with Crippen LogP contribution in [0.3, 0.4) is 0 Å². The first-order valence-corrected chi connectivity index (χ1v) is 10.9. The van der Waals surface area contributed by atoms with Crippen molar-refractivity contribution in [3.63, 3.8) is 0 Å². The molecule has 3 N–H and O–H groups in total. The number of amides is 2. The summed E-state index contributed by atoms with van der Waals surface area (Å²) in [5, 5.41) is 21.0. The number of nitriles is 1. The highest BCUT2D eigenvalue weighted by Gasteiger charge is 2.42. The number of hydrogen-bond acceptors (Lipinski definition) is 5. The Bertz CT molecular complexity index is 879. The second-order valence-corrected chi connectivity index (χ2v) is 8.52. The van der Waals surface area contributed by atoms with E-state index in [0.29, 0.717) is 37.9 Å². The Morgan fingerprint density at radius 3 is 2.45 bits per heavy atom. The Morgan fingerprint density at radius 1 is 1.03 bits per heavy atom. The first-order valence-electron chi connectivity index (χ1n) is 10.9. The van der Waals surface area contributed by atoms with Crippen molar-refractivity contribution in [1.29, 1.82) is 5.26 Å². The molecule has 1 aromatic carbocycles. The minimum absolute atomic E-state index is 0.0411. The quantitative estimate of drug-likeness (QED) is 0.166. The zero-order valence-electron chi connectivity index (χ0n) is 17.4. The van der Waals surface area contributed by atoms with E-state index >= 15 is 0 Å². The Hall–Kier alpha value is -3.12. The smallest absolute Gasteiger partial charge is 0.249 e. The van der Waals surface area contributed by atoms with Gasteiger partial charge in [0.15, 0.2) is 6.19 Å². The van der Waals surface area contributed by atoms with Crippen LogP contribution in [0.15, 0.2) is 35.3 Å². The number of aliphatic imine (C=N–C) groups is 1. The molecule has 1 aliphatic carbocycles. The maximum atomic E-state index is 13.3. The summed E-state index contributed by atoms with van der Waals surface area (Å²) in [4.78, 5) is 34.0. The molecule has 0 bridgehead atoms. The van der Waals surface area contributed by atoms with Gasteiger partial charge in [-0.05, 0) is 31.2 Å². The number of hydrogen-bond donors (Lipinski definition) is 3. The maximum Gasteiger partial charge on any atom is 0.249 e. The number of nitrogens with one attached hydrogen (secondary N) is 2. The lowest BCUT2D eigenvalue weighted by Crippen LogP contribution is -2.55. The molecule has 9 heteroatoms. The van der Waals surface area contributed by atoms with Gasteiger partial charge in [-0.15, -0.1) is 0 Å². The topological polar surface area (TPSA) is 121 Å². The van der Waals surface area contributed by atoms with Gasteiger partial charge < -0.3 is 9.80 Å². The van der Waals surface area contributed by atoms with Crippen LogP contribution in [-0.2, 0) is 9.59 Å². The molecular formula is C22H28N6O3. The molecule has 2 aliphatic heterocycles. The molecule has 3 aliphatic rings. The van der Waals surface area contributed by atoms with Gasteiger partial charge in [0, 0.05) is 32.1 Å². The standard InChI is InChI=1S/C22H28N6O3/c23-14-24-22(25-17-6-7-17)28-11-9-18(19(13-28)20(29)26-31)21(30)27-10-8-16(12-27)15-4-2-1-3-5-15/h1-5,16-19,31H,6-13H2,(H,24,25)(H,26,29)/t16-,18?,19?/m0/s1. The summed E-state index contributed by atoms with van der Waals surface area (Å²) in [5.41, 5.74) is 2.95. The van der Waals surface area contributed by atoms with E-state index in [1.54, 1.807) is 5.48 Å². The van der Waals surface area contributed by atoms with E-state index in [1.165, 1.54) is 5.56 Å². The molecule has 0 aromatic heterocycles. The molecule has 0 radical (unpaired) electrons. The molecule has 4 rings (SSSR count). The van der Waals surface area contributed by atoms with E-state index in [1.807, 2.05) is 34.2 Å². The number of carbonyl (C=O) groups excluding carboxylic acids is 2. The van der Waals surface area contributed by atoms with Gasteiger partial charge >= 0.3 is 0 Å². The third kappa shape index (κ3) is 4.80. The van der Waals surface area contributed by atoms with Gasteiger partial charge in [-0.3, -0.25) is 20.1 Å². The number of guanidine groups is 1. The average Bonchev–Trinajstić information content (AvgIpc) is 3.49. The van der Waals surface area contributed by atoms with Crippen molar-refractivity contribution in [1.82, 2.24) is 20.6 Å². The highest BCUT2D eigenvalue weighted by molar-refractivity contribution is 5.89. The van der Waals surface area contributed by atoms with Gasteiger partial charge in [0.25, 0.3) is 0 Å². The van der Waals surface area contributed by atoms with Gasteiger partial charge in [0.1, 0.15) is 0 Å². The van der Waals surface area contributed by atoms with Crippen molar-refractivity contribution in [3.05, 3.63) is 35.9 Å². The van der Waals surface area contributed by atoms with E-state index < -0.39 is 17.7 Å². The highest BCUT2D eigenvalue weighted by atomic mass is 16.5. The molecule has 3 atom stereocenters. The zero-order chi connectivity index (χ0) is 21.8. The summed E-state index contributed by atoms with van der Waals surface area (Å²) in [6.07, 6.45) is 5.24. The van der Waals surface area contributed by atoms with Gasteiger partial charge in [0.05, 0.1) is 17.9 Å². The van der Waals surface area contributed by atoms with Crippen LogP contribution < -0.4 is 10.8 Å². The van der Waals surface area contributed by atoms with Crippen LogP contribution in [0.2, 0.25) is 0 Å². The summed E-state index contributed by atoms with van der Waals surface area (Å²) in [7, 11) is 0. The molecular weight excluding hydrogens is 396 g/mol. The fourth-order valence-electron chi connectivity index (χ4n) is 4.60. The van der Waals surface area contributed by atoms with E-state index in [-0.39, 0.29) is 18.5 Å². The number of nitrogens with zero attached hydrogens (tertiary/aromatic N) is 4. The van der Waals surface area contributed by atoms with Crippen molar-refractivity contribution in [2.75, 3.05) is 26.2 Å². The van der Waals surface area contributed by atoms with Crippen LogP contribution in [0.1, 0.15) is 37.2 Å². The van der Waals surface area contributed by atoms with Crippen LogP contribution >= 0.6 is 0 Å². The van der Waals surface area contributed by atoms with Gasteiger partial charge in [-0.1, -0.05) is 30.3 Å². The van der Waals surface area contributed by atoms with Crippen molar-refractivity contribution in [3.8, 4) is 6.19 Å². The Morgan fingerprint density at radius 2 is 1.77 bits per heavy atom. The molecule has 2 unspecified atom stereocenters. The number of carbonyl (C=O) groups is 2. The monoisotopic (exact) mass is 424 g/mol. The van der Waals surface area contributed by atoms with Crippen LogP contribution in [0.5, 0.6) is 0 Å². The number of piperidine rings is 1. The van der Waals surface area contributed by atoms with Crippen molar-refractivity contribution < 1.29 is 14.8 Å². The van der Waals surface area contributed by atoms with Crippen molar-refractivity contribution in [2.45, 2.75) is 37.6 Å². The van der Waals surface area contributed by atoms with Crippen molar-refractivity contribution >= 4 is 17.8 Å². The Labute approximate surface area is 181 Å². The number of hydroxylamine groups is 1. The fourth-order valence-corrected chi connectivity index (χ4v) is 4.60. The SMILES string of the molecule is N#CNC(=NC1CC1)N1CCC(C(=O)N2CC[C@H](c3ccccc3)C2)C(C(=O)NO)C1. The number of likely N-dealkylation sites (tertiary alicyclic amines) is 2. The molecule has 164 valence electrons. The normalized spacial score (nSPS) is 26.3. The molecule has 1 aromatic rings. The van der Waals surface area contributed by atoms with Crippen LogP contribution in [0.25, 0.3) is 0 Å².